The maximum atomic E-state index is 13.8. The van der Waals surface area contributed by atoms with Crippen molar-refractivity contribution < 1.29 is 22.7 Å². The minimum absolute atomic E-state index is 0.0385. The predicted octanol–water partition coefficient (Wildman–Crippen LogP) is 5.06. The molecule has 0 spiro atoms. The van der Waals surface area contributed by atoms with E-state index in [0.717, 1.165) is 17.4 Å². The Hall–Kier alpha value is -3.56. The van der Waals surface area contributed by atoms with Crippen LogP contribution in [0.1, 0.15) is 37.8 Å². The van der Waals surface area contributed by atoms with Crippen LogP contribution in [0.25, 0.3) is 0 Å². The van der Waals surface area contributed by atoms with Crippen molar-refractivity contribution in [1.29, 1.82) is 0 Å². The normalized spacial score (nSPS) is 12.0. The number of amides is 2. The number of ether oxygens (including phenoxy) is 1. The molecule has 0 aromatic heterocycles. The minimum Gasteiger partial charge on any atom is -0.497 e. The van der Waals surface area contributed by atoms with Crippen LogP contribution in [0.5, 0.6) is 5.75 Å². The van der Waals surface area contributed by atoms with Crippen molar-refractivity contribution in [3.63, 3.8) is 0 Å². The molecule has 3 aromatic rings. The van der Waals surface area contributed by atoms with Crippen molar-refractivity contribution in [2.24, 2.45) is 0 Å². The number of anilines is 1. The maximum Gasteiger partial charge on any atom is 0.243 e. The fraction of sp³-hybridized carbons (Fsp3) is 0.355. The van der Waals surface area contributed by atoms with Gasteiger partial charge in [-0.15, -0.1) is 0 Å². The van der Waals surface area contributed by atoms with Crippen LogP contribution < -0.4 is 14.4 Å². The summed E-state index contributed by atoms with van der Waals surface area (Å²) in [6.07, 6.45) is 1.74. The number of halogens is 1. The topological polar surface area (TPSA) is 96.0 Å². The van der Waals surface area contributed by atoms with Crippen molar-refractivity contribution in [2.45, 2.75) is 51.7 Å². The van der Waals surface area contributed by atoms with Gasteiger partial charge in [0, 0.05) is 43.1 Å². The number of hydrogen-bond donors (Lipinski definition) is 1. The molecule has 0 aliphatic carbocycles. The van der Waals surface area contributed by atoms with Crippen LogP contribution in [-0.4, -0.2) is 57.1 Å². The molecule has 1 N–H and O–H groups in total. The van der Waals surface area contributed by atoms with E-state index in [1.165, 1.54) is 11.4 Å². The van der Waals surface area contributed by atoms with Crippen molar-refractivity contribution in [1.82, 2.24) is 10.2 Å². The van der Waals surface area contributed by atoms with Gasteiger partial charge in [-0.25, -0.2) is 8.42 Å². The molecule has 220 valence electrons. The molecule has 0 heterocycles. The lowest BCUT2D eigenvalue weighted by atomic mass is 10.0. The minimum atomic E-state index is -3.62. The van der Waals surface area contributed by atoms with Crippen molar-refractivity contribution >= 4 is 39.1 Å². The average Bonchev–Trinajstić information content (AvgIpc) is 2.92. The third-order valence-corrected chi connectivity index (χ3v) is 7.87. The fourth-order valence-corrected chi connectivity index (χ4v) is 5.71. The number of carbonyl (C=O) groups is 2. The first-order valence-corrected chi connectivity index (χ1v) is 15.7. The Morgan fingerprint density at radius 3 is 2.27 bits per heavy atom. The van der Waals surface area contributed by atoms with Gasteiger partial charge in [0.25, 0.3) is 0 Å². The fourth-order valence-electron chi connectivity index (χ4n) is 4.54. The third kappa shape index (κ3) is 9.79. The largest absolute Gasteiger partial charge is 0.497 e. The highest BCUT2D eigenvalue weighted by atomic mass is 35.5. The molecule has 0 radical (unpaired) electrons. The number of nitrogens with zero attached hydrogens (tertiary/aromatic N) is 2. The molecule has 3 rings (SSSR count). The number of sulfonamides is 1. The molecule has 2 amide bonds. The van der Waals surface area contributed by atoms with E-state index in [4.69, 9.17) is 16.3 Å². The molecular formula is C31H38ClN3O5S. The van der Waals surface area contributed by atoms with Gasteiger partial charge in [0.2, 0.25) is 21.8 Å². The molecule has 0 fully saturated rings. The van der Waals surface area contributed by atoms with Crippen LogP contribution in [0.2, 0.25) is 5.02 Å². The van der Waals surface area contributed by atoms with Crippen LogP contribution >= 0.6 is 11.6 Å². The van der Waals surface area contributed by atoms with Gasteiger partial charge < -0.3 is 15.0 Å². The van der Waals surface area contributed by atoms with Crippen LogP contribution in [0.4, 0.5) is 5.69 Å². The number of methoxy groups -OCH3 is 1. The lowest BCUT2D eigenvalue weighted by Crippen LogP contribution is -2.51. The van der Waals surface area contributed by atoms with Crippen LogP contribution in [0.3, 0.4) is 0 Å². The van der Waals surface area contributed by atoms with Gasteiger partial charge in [-0.3, -0.25) is 13.9 Å². The summed E-state index contributed by atoms with van der Waals surface area (Å²) in [5, 5.41) is 3.49. The zero-order valence-corrected chi connectivity index (χ0v) is 25.5. The zero-order valence-electron chi connectivity index (χ0n) is 23.9. The molecule has 1 unspecified atom stereocenters. The van der Waals surface area contributed by atoms with Gasteiger partial charge in [0.05, 0.1) is 19.1 Å². The van der Waals surface area contributed by atoms with Gasteiger partial charge >= 0.3 is 0 Å². The van der Waals surface area contributed by atoms with Gasteiger partial charge in [-0.1, -0.05) is 60.1 Å². The van der Waals surface area contributed by atoms with E-state index in [1.54, 1.807) is 47.4 Å². The molecule has 0 aliphatic rings. The second kappa shape index (κ2) is 14.9. The van der Waals surface area contributed by atoms with E-state index >= 15 is 0 Å². The highest BCUT2D eigenvalue weighted by Crippen LogP contribution is 2.24. The first kappa shape index (κ1) is 32.0. The van der Waals surface area contributed by atoms with Crippen molar-refractivity contribution in [3.05, 3.63) is 95.0 Å². The van der Waals surface area contributed by atoms with E-state index in [1.807, 2.05) is 50.2 Å². The molecule has 1 atom stereocenters. The summed E-state index contributed by atoms with van der Waals surface area (Å²) in [5.41, 5.74) is 2.16. The summed E-state index contributed by atoms with van der Waals surface area (Å²) in [4.78, 5) is 28.9. The number of nitrogens with one attached hydrogen (secondary N) is 1. The Balaban J connectivity index is 1.88. The van der Waals surface area contributed by atoms with Crippen molar-refractivity contribution in [3.8, 4) is 5.75 Å². The predicted molar refractivity (Wildman–Crippen MR) is 164 cm³/mol. The zero-order chi connectivity index (χ0) is 30.0. The summed E-state index contributed by atoms with van der Waals surface area (Å²) in [6, 6.07) is 22.6. The molecule has 0 saturated carbocycles. The number of benzene rings is 3. The molecule has 0 bridgehead atoms. The van der Waals surface area contributed by atoms with E-state index in [9.17, 15) is 18.0 Å². The van der Waals surface area contributed by atoms with Gasteiger partial charge in [-0.05, 0) is 55.7 Å². The number of rotatable bonds is 14. The standard InChI is InChI=1S/C31H38ClN3O5S/c1-23(2)33-31(37)29(20-24-11-6-5-7-12-24)34(22-25-13-8-14-26(32)19-25)30(36)17-10-18-35(41(4,38)39)27-15-9-16-28(21-27)40-3/h5-9,11-16,19,21,23,29H,10,17-18,20,22H2,1-4H3,(H,33,37). The Kier molecular flexibility index (Phi) is 11.6. The van der Waals surface area contributed by atoms with E-state index in [2.05, 4.69) is 5.32 Å². The first-order chi connectivity index (χ1) is 19.5. The van der Waals surface area contributed by atoms with Gasteiger partial charge in [0.15, 0.2) is 0 Å². The second-order valence-electron chi connectivity index (χ2n) is 10.2. The molecular weight excluding hydrogens is 562 g/mol. The molecule has 0 saturated heterocycles. The monoisotopic (exact) mass is 599 g/mol. The van der Waals surface area contributed by atoms with Crippen LogP contribution in [-0.2, 0) is 32.6 Å². The first-order valence-electron chi connectivity index (χ1n) is 13.5. The van der Waals surface area contributed by atoms with E-state index in [-0.39, 0.29) is 43.8 Å². The average molecular weight is 600 g/mol. The van der Waals surface area contributed by atoms with Gasteiger partial charge in [0.1, 0.15) is 11.8 Å². The summed E-state index contributed by atoms with van der Waals surface area (Å²) in [5.74, 6) is 0.0112. The lowest BCUT2D eigenvalue weighted by Gasteiger charge is -2.32. The summed E-state index contributed by atoms with van der Waals surface area (Å²) >= 11 is 6.24. The number of hydrogen-bond acceptors (Lipinski definition) is 5. The highest BCUT2D eigenvalue weighted by Gasteiger charge is 2.31. The Morgan fingerprint density at radius 2 is 1.63 bits per heavy atom. The molecule has 10 heteroatoms. The summed E-state index contributed by atoms with van der Waals surface area (Å²) < 4.78 is 31.8. The Morgan fingerprint density at radius 1 is 0.951 bits per heavy atom. The summed E-state index contributed by atoms with van der Waals surface area (Å²) in [7, 11) is -2.11. The molecule has 0 aliphatic heterocycles. The molecule has 41 heavy (non-hydrogen) atoms. The van der Waals surface area contributed by atoms with Crippen LogP contribution in [0.15, 0.2) is 78.9 Å². The van der Waals surface area contributed by atoms with E-state index in [0.29, 0.717) is 22.9 Å². The molecule has 8 nitrogen and oxygen atoms in total. The third-order valence-electron chi connectivity index (χ3n) is 6.44. The smallest absolute Gasteiger partial charge is 0.243 e. The second-order valence-corrected chi connectivity index (χ2v) is 12.5. The lowest BCUT2D eigenvalue weighted by molar-refractivity contribution is -0.141. The van der Waals surface area contributed by atoms with Crippen LogP contribution in [0, 0.1) is 0 Å². The molecule has 3 aromatic carbocycles. The Labute approximate surface area is 248 Å². The SMILES string of the molecule is COc1cccc(N(CCCC(=O)N(Cc2cccc(Cl)c2)C(Cc2ccccc2)C(=O)NC(C)C)S(C)(=O)=O)c1. The van der Waals surface area contributed by atoms with Gasteiger partial charge in [-0.2, -0.15) is 0 Å². The summed E-state index contributed by atoms with van der Waals surface area (Å²) in [6.45, 7) is 4.01. The highest BCUT2D eigenvalue weighted by molar-refractivity contribution is 7.92. The Bertz CT molecular complexity index is 1420. The van der Waals surface area contributed by atoms with Crippen molar-refractivity contribution in [2.75, 3.05) is 24.2 Å². The van der Waals surface area contributed by atoms with E-state index < -0.39 is 16.1 Å². The quantitative estimate of drug-likeness (QED) is 0.279. The number of carbonyl (C=O) groups excluding carboxylic acids is 2. The maximum absolute atomic E-state index is 13.8.